The van der Waals surface area contributed by atoms with Crippen molar-refractivity contribution in [3.05, 3.63) is 72.4 Å². The summed E-state index contributed by atoms with van der Waals surface area (Å²) >= 11 is 0. The molecule has 5 nitrogen and oxygen atoms in total. The van der Waals surface area contributed by atoms with Crippen LogP contribution >= 0.6 is 0 Å². The summed E-state index contributed by atoms with van der Waals surface area (Å²) in [5, 5.41) is 3.08. The molecule has 0 unspecified atom stereocenters. The number of carbonyl (C=O) groups is 1. The molecule has 0 atom stereocenters. The van der Waals surface area contributed by atoms with Crippen LogP contribution in [0, 0.1) is 0 Å². The van der Waals surface area contributed by atoms with Crippen LogP contribution in [0.2, 0.25) is 0 Å². The molecule has 54 heavy (non-hydrogen) atoms. The molecule has 0 fully saturated rings. The zero-order valence-electron chi connectivity index (χ0n) is 34.7. The molecule has 0 spiro atoms. The summed E-state index contributed by atoms with van der Waals surface area (Å²) in [6.07, 6.45) is 49.3. The van der Waals surface area contributed by atoms with Crippen molar-refractivity contribution in [1.82, 2.24) is 5.32 Å². The van der Waals surface area contributed by atoms with Crippen molar-refractivity contribution in [2.45, 2.75) is 195 Å². The number of esters is 1. The third kappa shape index (κ3) is 33.8. The van der Waals surface area contributed by atoms with E-state index in [1.165, 1.54) is 128 Å². The predicted molar refractivity (Wildman–Crippen MR) is 236 cm³/mol. The quantitative estimate of drug-likeness (QED) is 0.0414. The fraction of sp³-hybridized carbons (Fsp3) is 0.694. The van der Waals surface area contributed by atoms with Gasteiger partial charge in [0, 0.05) is 12.0 Å². The number of hydrogen-bond donors (Lipinski definition) is 1. The molecule has 0 aliphatic carbocycles. The maximum Gasteiger partial charge on any atom is 0.306 e. The van der Waals surface area contributed by atoms with Gasteiger partial charge in [-0.3, -0.25) is 4.79 Å². The van der Waals surface area contributed by atoms with Crippen LogP contribution in [0.15, 0.2) is 66.8 Å². The van der Waals surface area contributed by atoms with E-state index in [1.807, 2.05) is 25.2 Å². The average Bonchev–Trinajstić information content (AvgIpc) is 3.17. The predicted octanol–water partition coefficient (Wildman–Crippen LogP) is 14.8. The Morgan fingerprint density at radius 2 is 1.04 bits per heavy atom. The second-order valence-electron chi connectivity index (χ2n) is 14.5. The lowest BCUT2D eigenvalue weighted by molar-refractivity contribution is -0.145. The summed E-state index contributed by atoms with van der Waals surface area (Å²) in [6.45, 7) is 6.89. The molecule has 1 N–H and O–H groups in total. The minimum atomic E-state index is -0.177. The van der Waals surface area contributed by atoms with Crippen molar-refractivity contribution >= 4 is 5.97 Å². The van der Waals surface area contributed by atoms with Gasteiger partial charge in [0.05, 0.1) is 13.2 Å². The lowest BCUT2D eigenvalue weighted by Crippen LogP contribution is -2.12. The molecule has 1 rings (SSSR count). The molecule has 0 aliphatic rings. The zero-order valence-corrected chi connectivity index (χ0v) is 34.7. The van der Waals surface area contributed by atoms with E-state index in [0.29, 0.717) is 19.6 Å². The highest BCUT2D eigenvalue weighted by molar-refractivity contribution is 5.69. The molecular formula is C49H85NO4. The molecule has 0 saturated heterocycles. The second-order valence-corrected chi connectivity index (χ2v) is 14.5. The fourth-order valence-corrected chi connectivity index (χ4v) is 6.09. The molecular weight excluding hydrogens is 667 g/mol. The van der Waals surface area contributed by atoms with Crippen LogP contribution in [-0.4, -0.2) is 32.8 Å². The lowest BCUT2D eigenvalue weighted by atomic mass is 10.1. The molecule has 0 aromatic heterocycles. The van der Waals surface area contributed by atoms with E-state index >= 15 is 0 Å². The van der Waals surface area contributed by atoms with Crippen molar-refractivity contribution < 1.29 is 19.0 Å². The number of carbonyl (C=O) groups excluding carboxylic acids is 1. The summed E-state index contributed by atoms with van der Waals surface area (Å²) < 4.78 is 17.9. The van der Waals surface area contributed by atoms with E-state index in [4.69, 9.17) is 14.2 Å². The van der Waals surface area contributed by atoms with Gasteiger partial charge in [0.1, 0.15) is 18.1 Å². The Morgan fingerprint density at radius 3 is 1.54 bits per heavy atom. The van der Waals surface area contributed by atoms with Gasteiger partial charge in [-0.25, -0.2) is 0 Å². The van der Waals surface area contributed by atoms with Gasteiger partial charge in [0.2, 0.25) is 0 Å². The number of nitrogens with one attached hydrogen (secondary N) is 1. The lowest BCUT2D eigenvalue weighted by Gasteiger charge is -2.14. The Kier molecular flexibility index (Phi) is 39.2. The third-order valence-electron chi connectivity index (χ3n) is 9.44. The van der Waals surface area contributed by atoms with E-state index < -0.39 is 0 Å². The van der Waals surface area contributed by atoms with Crippen molar-refractivity contribution in [2.75, 3.05) is 26.8 Å². The molecule has 1 aromatic carbocycles. The molecule has 1 aromatic rings. The summed E-state index contributed by atoms with van der Waals surface area (Å²) in [7, 11) is 1.89. The SMILES string of the molecule is C.CCCCC/C=C\C/C=C\CCCCCCCCOc1ccc(OCCCCCCCC/C=C\C/C=C\CCCCC)c(COC(=O)CCCNC)c1. The van der Waals surface area contributed by atoms with Gasteiger partial charge >= 0.3 is 5.97 Å². The number of allylic oxidation sites excluding steroid dienone is 8. The fourth-order valence-electron chi connectivity index (χ4n) is 6.09. The molecule has 0 bridgehead atoms. The molecule has 0 amide bonds. The third-order valence-corrected chi connectivity index (χ3v) is 9.44. The first kappa shape index (κ1) is 51.2. The monoisotopic (exact) mass is 752 g/mol. The van der Waals surface area contributed by atoms with Crippen LogP contribution < -0.4 is 14.8 Å². The van der Waals surface area contributed by atoms with Gasteiger partial charge in [0.25, 0.3) is 0 Å². The van der Waals surface area contributed by atoms with Crippen LogP contribution in [-0.2, 0) is 16.1 Å². The van der Waals surface area contributed by atoms with Crippen LogP contribution in [0.5, 0.6) is 11.5 Å². The van der Waals surface area contributed by atoms with Gasteiger partial charge in [-0.15, -0.1) is 0 Å². The highest BCUT2D eigenvalue weighted by atomic mass is 16.5. The topological polar surface area (TPSA) is 56.8 Å². The van der Waals surface area contributed by atoms with Crippen LogP contribution in [0.4, 0.5) is 0 Å². The highest BCUT2D eigenvalue weighted by Gasteiger charge is 2.10. The zero-order chi connectivity index (χ0) is 38.1. The van der Waals surface area contributed by atoms with Crippen molar-refractivity contribution in [1.29, 1.82) is 0 Å². The van der Waals surface area contributed by atoms with Gasteiger partial charge in [0.15, 0.2) is 0 Å². The molecule has 0 heterocycles. The Labute approximate surface area is 334 Å². The molecule has 310 valence electrons. The van der Waals surface area contributed by atoms with E-state index in [2.05, 4.69) is 67.8 Å². The molecule has 0 aliphatic heterocycles. The molecule has 0 saturated carbocycles. The van der Waals surface area contributed by atoms with Gasteiger partial charge in [-0.1, -0.05) is 147 Å². The van der Waals surface area contributed by atoms with Gasteiger partial charge in [-0.2, -0.15) is 0 Å². The van der Waals surface area contributed by atoms with Gasteiger partial charge in [-0.05, 0) is 115 Å². The minimum absolute atomic E-state index is 0. The van der Waals surface area contributed by atoms with Gasteiger partial charge < -0.3 is 19.5 Å². The number of rotatable bonds is 38. The summed E-state index contributed by atoms with van der Waals surface area (Å²) in [4.78, 5) is 12.3. The minimum Gasteiger partial charge on any atom is -0.494 e. The van der Waals surface area contributed by atoms with E-state index in [0.717, 1.165) is 55.7 Å². The number of unbranched alkanes of at least 4 members (excludes halogenated alkanes) is 18. The Bertz CT molecular complexity index is 1080. The first-order valence-corrected chi connectivity index (χ1v) is 22.0. The molecule has 5 heteroatoms. The number of benzene rings is 1. The van der Waals surface area contributed by atoms with Crippen molar-refractivity contribution in [3.63, 3.8) is 0 Å². The first-order chi connectivity index (χ1) is 26.2. The van der Waals surface area contributed by atoms with Crippen LogP contribution in [0.3, 0.4) is 0 Å². The summed E-state index contributed by atoms with van der Waals surface area (Å²) in [5.74, 6) is 1.43. The van der Waals surface area contributed by atoms with Crippen LogP contribution in [0.25, 0.3) is 0 Å². The Hall–Kier alpha value is -2.79. The maximum atomic E-state index is 12.3. The van der Waals surface area contributed by atoms with Crippen molar-refractivity contribution in [2.24, 2.45) is 0 Å². The largest absolute Gasteiger partial charge is 0.494 e. The van der Waals surface area contributed by atoms with Crippen LogP contribution in [0.1, 0.15) is 194 Å². The second kappa shape index (κ2) is 41.4. The Morgan fingerprint density at radius 1 is 0.574 bits per heavy atom. The van der Waals surface area contributed by atoms with Crippen molar-refractivity contribution in [3.8, 4) is 11.5 Å². The Balaban J connectivity index is 0.0000281. The standard InChI is InChI=1S/C48H81NO4.CH4/c1-4-6-8-10-12-14-16-18-20-22-24-26-28-30-32-34-41-51-46-38-39-47(45(43-46)44-53-48(50)37-36-40-49-3)52-42-35-33-31-29-27-25-23-21-19-17-15-13-11-9-7-5-2;/h12-15,18-21,38-39,43,49H,4-11,16-17,22-37,40-42,44H2,1-3H3;1H4/b14-12-,15-13-,20-18-,21-19-;. The number of ether oxygens (including phenoxy) is 3. The first-order valence-electron chi connectivity index (χ1n) is 22.0. The smallest absolute Gasteiger partial charge is 0.306 e. The van der Waals surface area contributed by atoms with E-state index in [9.17, 15) is 4.79 Å². The van der Waals surface area contributed by atoms with E-state index in [-0.39, 0.29) is 20.0 Å². The maximum absolute atomic E-state index is 12.3. The summed E-state index contributed by atoms with van der Waals surface area (Å²) in [5.41, 5.74) is 0.876. The molecule has 0 radical (unpaired) electrons. The normalized spacial score (nSPS) is 11.7. The number of hydrogen-bond acceptors (Lipinski definition) is 5. The average molecular weight is 752 g/mol. The highest BCUT2D eigenvalue weighted by Crippen LogP contribution is 2.26. The van der Waals surface area contributed by atoms with E-state index in [1.54, 1.807) is 0 Å². The summed E-state index contributed by atoms with van der Waals surface area (Å²) in [6, 6.07) is 5.96.